The number of nitrogens with one attached hydrogen (secondary N) is 2. The molecular formula is C14H20N6O. The third kappa shape index (κ3) is 3.18. The van der Waals surface area contributed by atoms with Crippen molar-refractivity contribution in [3.05, 3.63) is 34.5 Å². The molecule has 1 amide bonds. The number of nitrogens with two attached hydrogens (primary N) is 1. The smallest absolute Gasteiger partial charge is 0.227 e. The summed E-state index contributed by atoms with van der Waals surface area (Å²) in [6.07, 6.45) is 1.64. The third-order valence-corrected chi connectivity index (χ3v) is 3.48. The summed E-state index contributed by atoms with van der Waals surface area (Å²) in [6, 6.07) is 0. The van der Waals surface area contributed by atoms with Gasteiger partial charge in [0.2, 0.25) is 5.91 Å². The fourth-order valence-electron chi connectivity index (χ4n) is 2.31. The van der Waals surface area contributed by atoms with Gasteiger partial charge in [-0.25, -0.2) is 9.97 Å². The van der Waals surface area contributed by atoms with E-state index in [1.165, 1.54) is 0 Å². The van der Waals surface area contributed by atoms with Crippen molar-refractivity contribution in [1.82, 2.24) is 25.5 Å². The normalized spacial score (nSPS) is 12.2. The molecular weight excluding hydrogens is 268 g/mol. The van der Waals surface area contributed by atoms with E-state index < -0.39 is 0 Å². The minimum atomic E-state index is -0.281. The van der Waals surface area contributed by atoms with Crippen molar-refractivity contribution in [2.45, 2.75) is 40.2 Å². The summed E-state index contributed by atoms with van der Waals surface area (Å²) >= 11 is 0. The predicted molar refractivity (Wildman–Crippen MR) is 79.5 cm³/mol. The molecule has 7 nitrogen and oxygen atoms in total. The third-order valence-electron chi connectivity index (χ3n) is 3.48. The Bertz CT molecular complexity index is 644. The maximum atomic E-state index is 12.3. The number of aromatic nitrogens is 4. The first-order valence-electron chi connectivity index (χ1n) is 6.77. The summed E-state index contributed by atoms with van der Waals surface area (Å²) in [5.41, 5.74) is 9.20. The lowest BCUT2D eigenvalue weighted by Crippen LogP contribution is -2.28. The molecule has 2 aromatic rings. The van der Waals surface area contributed by atoms with Gasteiger partial charge in [-0.05, 0) is 27.7 Å². The van der Waals surface area contributed by atoms with Gasteiger partial charge in [0.05, 0.1) is 11.6 Å². The van der Waals surface area contributed by atoms with Gasteiger partial charge in [-0.3, -0.25) is 9.89 Å². The fourth-order valence-corrected chi connectivity index (χ4v) is 2.31. The molecule has 0 spiro atoms. The zero-order valence-electron chi connectivity index (χ0n) is 12.7. The molecule has 0 aliphatic rings. The Balaban J connectivity index is 2.05. The van der Waals surface area contributed by atoms with Crippen LogP contribution in [0.15, 0.2) is 6.20 Å². The summed E-state index contributed by atoms with van der Waals surface area (Å²) in [4.78, 5) is 20.4. The Morgan fingerprint density at radius 3 is 2.71 bits per heavy atom. The number of hydrogen-bond acceptors (Lipinski definition) is 5. The van der Waals surface area contributed by atoms with Crippen LogP contribution in [-0.4, -0.2) is 26.1 Å². The largest absolute Gasteiger partial charge is 0.383 e. The average Bonchev–Trinajstić information content (AvgIpc) is 2.76. The second kappa shape index (κ2) is 5.90. The van der Waals surface area contributed by atoms with E-state index in [4.69, 9.17) is 5.73 Å². The van der Waals surface area contributed by atoms with Crippen LogP contribution in [0, 0.1) is 20.8 Å². The standard InChI is InChI=1S/C14H20N6O/c1-7(12-8(2)19-20-9(12)3)14(21)17-6-11-5-16-10(4)18-13(11)15/h5,7H,6H2,1-4H3,(H,17,21)(H,19,20)(H2,15,16,18). The summed E-state index contributed by atoms with van der Waals surface area (Å²) in [5, 5.41) is 9.87. The van der Waals surface area contributed by atoms with E-state index >= 15 is 0 Å². The maximum Gasteiger partial charge on any atom is 0.227 e. The molecule has 4 N–H and O–H groups in total. The van der Waals surface area contributed by atoms with Crippen LogP contribution in [0.25, 0.3) is 0 Å². The first-order valence-corrected chi connectivity index (χ1v) is 6.77. The number of rotatable bonds is 4. The van der Waals surface area contributed by atoms with Crippen LogP contribution in [0.2, 0.25) is 0 Å². The molecule has 7 heteroatoms. The van der Waals surface area contributed by atoms with Gasteiger partial charge in [0.1, 0.15) is 11.6 Å². The summed E-state index contributed by atoms with van der Waals surface area (Å²) < 4.78 is 0. The van der Waals surface area contributed by atoms with Gasteiger partial charge in [-0.1, -0.05) is 0 Å². The molecule has 2 heterocycles. The van der Waals surface area contributed by atoms with Gasteiger partial charge in [-0.15, -0.1) is 0 Å². The fraction of sp³-hybridized carbons (Fsp3) is 0.429. The zero-order chi connectivity index (χ0) is 15.6. The number of hydrogen-bond donors (Lipinski definition) is 3. The van der Waals surface area contributed by atoms with Crippen molar-refractivity contribution in [3.8, 4) is 0 Å². The van der Waals surface area contributed by atoms with Crippen LogP contribution in [0.3, 0.4) is 0 Å². The maximum absolute atomic E-state index is 12.3. The minimum Gasteiger partial charge on any atom is -0.383 e. The molecule has 0 aliphatic carbocycles. The second-order valence-electron chi connectivity index (χ2n) is 5.11. The molecule has 1 atom stereocenters. The molecule has 1 unspecified atom stereocenters. The molecule has 0 saturated heterocycles. The number of H-pyrrole nitrogens is 1. The van der Waals surface area contributed by atoms with Crippen LogP contribution in [-0.2, 0) is 11.3 Å². The van der Waals surface area contributed by atoms with E-state index in [2.05, 4.69) is 25.5 Å². The lowest BCUT2D eigenvalue weighted by molar-refractivity contribution is -0.122. The molecule has 0 fully saturated rings. The van der Waals surface area contributed by atoms with Crippen LogP contribution in [0.1, 0.15) is 41.2 Å². The molecule has 0 bridgehead atoms. The Kier molecular flexibility index (Phi) is 4.21. The number of carbonyl (C=O) groups excluding carboxylic acids is 1. The topological polar surface area (TPSA) is 110 Å². The molecule has 21 heavy (non-hydrogen) atoms. The van der Waals surface area contributed by atoms with Gasteiger partial charge in [0.15, 0.2) is 0 Å². The Labute approximate surface area is 123 Å². The van der Waals surface area contributed by atoms with Crippen molar-refractivity contribution in [2.75, 3.05) is 5.73 Å². The molecule has 112 valence electrons. The van der Waals surface area contributed by atoms with E-state index in [9.17, 15) is 4.79 Å². The van der Waals surface area contributed by atoms with Crippen molar-refractivity contribution in [2.24, 2.45) is 0 Å². The van der Waals surface area contributed by atoms with E-state index in [1.54, 1.807) is 13.1 Å². The summed E-state index contributed by atoms with van der Waals surface area (Å²) in [6.45, 7) is 7.73. The first-order chi connectivity index (χ1) is 9.90. The van der Waals surface area contributed by atoms with Crippen LogP contribution < -0.4 is 11.1 Å². The van der Waals surface area contributed by atoms with Crippen molar-refractivity contribution >= 4 is 11.7 Å². The highest BCUT2D eigenvalue weighted by atomic mass is 16.1. The number of carbonyl (C=O) groups is 1. The van der Waals surface area contributed by atoms with E-state index in [0.29, 0.717) is 23.8 Å². The molecule has 0 saturated carbocycles. The number of anilines is 1. The van der Waals surface area contributed by atoms with E-state index in [0.717, 1.165) is 17.0 Å². The second-order valence-corrected chi connectivity index (χ2v) is 5.11. The molecule has 0 radical (unpaired) electrons. The number of nitrogen functional groups attached to an aromatic ring is 1. The number of aromatic amines is 1. The SMILES string of the molecule is Cc1ncc(CNC(=O)C(C)c2c(C)n[nH]c2C)c(N)n1. The predicted octanol–water partition coefficient (Wildman–Crippen LogP) is 1.13. The van der Waals surface area contributed by atoms with Crippen molar-refractivity contribution in [1.29, 1.82) is 0 Å². The van der Waals surface area contributed by atoms with E-state index in [1.807, 2.05) is 20.8 Å². The van der Waals surface area contributed by atoms with Gasteiger partial charge >= 0.3 is 0 Å². The number of aryl methyl sites for hydroxylation is 3. The highest BCUT2D eigenvalue weighted by Gasteiger charge is 2.21. The van der Waals surface area contributed by atoms with Gasteiger partial charge in [-0.2, -0.15) is 5.10 Å². The lowest BCUT2D eigenvalue weighted by Gasteiger charge is -2.13. The summed E-state index contributed by atoms with van der Waals surface area (Å²) in [7, 11) is 0. The first kappa shape index (κ1) is 15.0. The highest BCUT2D eigenvalue weighted by Crippen LogP contribution is 2.21. The Hall–Kier alpha value is -2.44. The Morgan fingerprint density at radius 2 is 2.14 bits per heavy atom. The monoisotopic (exact) mass is 288 g/mol. The molecule has 0 aliphatic heterocycles. The van der Waals surface area contributed by atoms with E-state index in [-0.39, 0.29) is 11.8 Å². The van der Waals surface area contributed by atoms with Crippen LogP contribution in [0.4, 0.5) is 5.82 Å². The molecule has 2 aromatic heterocycles. The van der Waals surface area contributed by atoms with Gasteiger partial charge in [0.25, 0.3) is 0 Å². The summed E-state index contributed by atoms with van der Waals surface area (Å²) in [5.74, 6) is 0.644. The zero-order valence-corrected chi connectivity index (χ0v) is 12.7. The van der Waals surface area contributed by atoms with Crippen LogP contribution >= 0.6 is 0 Å². The quantitative estimate of drug-likeness (QED) is 0.781. The van der Waals surface area contributed by atoms with Crippen LogP contribution in [0.5, 0.6) is 0 Å². The minimum absolute atomic E-state index is 0.0809. The van der Waals surface area contributed by atoms with Gasteiger partial charge in [0, 0.05) is 29.6 Å². The molecule has 0 aromatic carbocycles. The van der Waals surface area contributed by atoms with Crippen molar-refractivity contribution in [3.63, 3.8) is 0 Å². The Morgan fingerprint density at radius 1 is 1.43 bits per heavy atom. The van der Waals surface area contributed by atoms with Gasteiger partial charge < -0.3 is 11.1 Å². The number of amides is 1. The number of nitrogens with zero attached hydrogens (tertiary/aromatic N) is 3. The average molecular weight is 288 g/mol. The molecule has 2 rings (SSSR count). The highest BCUT2D eigenvalue weighted by molar-refractivity contribution is 5.83. The lowest BCUT2D eigenvalue weighted by atomic mass is 9.98. The van der Waals surface area contributed by atoms with Crippen molar-refractivity contribution < 1.29 is 4.79 Å².